The molecule has 0 aromatic heterocycles. The summed E-state index contributed by atoms with van der Waals surface area (Å²) in [6, 6.07) is 6.44. The number of carbonyl (C=O) groups excluding carboxylic acids is 1. The highest BCUT2D eigenvalue weighted by molar-refractivity contribution is 6.32. The van der Waals surface area contributed by atoms with Gasteiger partial charge in [-0.1, -0.05) is 29.7 Å². The zero-order valence-electron chi connectivity index (χ0n) is 5.95. The second-order valence-corrected chi connectivity index (χ2v) is 2.20. The van der Waals surface area contributed by atoms with Gasteiger partial charge in [0, 0.05) is 5.56 Å². The van der Waals surface area contributed by atoms with Gasteiger partial charge in [0.1, 0.15) is 14.5 Å². The minimum Gasteiger partial charge on any atom is -0.388 e. The Bertz CT molecular complexity index is 253. The molecule has 0 aliphatic heterocycles. The number of aliphatic hydroxyl groups is 1. The van der Waals surface area contributed by atoms with Gasteiger partial charge in [-0.2, -0.15) is 0 Å². The third-order valence-electron chi connectivity index (χ3n) is 1.38. The third kappa shape index (κ3) is 1.92. The lowest BCUT2D eigenvalue weighted by atomic mass is 9.95. The highest BCUT2D eigenvalue weighted by Gasteiger charge is 2.00. The largest absolute Gasteiger partial charge is 0.388 e. The van der Waals surface area contributed by atoms with Crippen LogP contribution in [0.15, 0.2) is 24.3 Å². The van der Waals surface area contributed by atoms with Crippen molar-refractivity contribution in [2.24, 2.45) is 0 Å². The lowest BCUT2D eigenvalue weighted by molar-refractivity contribution is 0.0904. The summed E-state index contributed by atoms with van der Waals surface area (Å²) in [6.07, 6.45) is 0. The summed E-state index contributed by atoms with van der Waals surface area (Å²) in [5, 5.41) is 8.48. The molecule has 1 N–H and O–H groups in total. The summed E-state index contributed by atoms with van der Waals surface area (Å²) in [5.74, 6) is -0.287. The van der Waals surface area contributed by atoms with Crippen molar-refractivity contribution < 1.29 is 9.90 Å². The lowest BCUT2D eigenvalue weighted by Gasteiger charge is -1.96. The van der Waals surface area contributed by atoms with Crippen LogP contribution in [0.3, 0.4) is 0 Å². The van der Waals surface area contributed by atoms with Crippen molar-refractivity contribution in [2.75, 3.05) is 6.61 Å². The minimum atomic E-state index is -0.454. The van der Waals surface area contributed by atoms with Gasteiger partial charge in [0.25, 0.3) is 0 Å². The molecular formula is C8H7BO2. The highest BCUT2D eigenvalue weighted by atomic mass is 16.3. The molecule has 11 heavy (non-hydrogen) atoms. The summed E-state index contributed by atoms with van der Waals surface area (Å²) in [4.78, 5) is 10.8. The van der Waals surface area contributed by atoms with E-state index < -0.39 is 6.61 Å². The molecule has 2 radical (unpaired) electrons. The number of Topliss-reactive ketones (excluding diaryl/α,β-unsaturated/α-hetero) is 1. The molecule has 0 aliphatic rings. The van der Waals surface area contributed by atoms with Crippen molar-refractivity contribution in [3.05, 3.63) is 29.8 Å². The number of aliphatic hydroxyl groups excluding tert-OH is 1. The minimum absolute atomic E-state index is 0.287. The van der Waals surface area contributed by atoms with Gasteiger partial charge < -0.3 is 5.11 Å². The van der Waals surface area contributed by atoms with Gasteiger partial charge in [-0.25, -0.2) is 0 Å². The maximum Gasteiger partial charge on any atom is 0.188 e. The van der Waals surface area contributed by atoms with Crippen molar-refractivity contribution >= 4 is 19.1 Å². The molecule has 0 fully saturated rings. The van der Waals surface area contributed by atoms with Crippen LogP contribution in [0, 0.1) is 0 Å². The fraction of sp³-hybridized carbons (Fsp3) is 0.125. The smallest absolute Gasteiger partial charge is 0.188 e. The lowest BCUT2D eigenvalue weighted by Crippen LogP contribution is -2.07. The van der Waals surface area contributed by atoms with E-state index in [9.17, 15) is 4.79 Å². The molecule has 2 nitrogen and oxygen atoms in total. The molecule has 0 saturated carbocycles. The van der Waals surface area contributed by atoms with Crippen LogP contribution >= 0.6 is 0 Å². The van der Waals surface area contributed by atoms with E-state index in [0.717, 1.165) is 0 Å². The second-order valence-electron chi connectivity index (χ2n) is 2.20. The first-order valence-corrected chi connectivity index (χ1v) is 3.23. The van der Waals surface area contributed by atoms with Gasteiger partial charge in [0.2, 0.25) is 0 Å². The predicted octanol–water partition coefficient (Wildman–Crippen LogP) is -0.345. The monoisotopic (exact) mass is 146 g/mol. The van der Waals surface area contributed by atoms with Crippen LogP contribution in [0.4, 0.5) is 0 Å². The van der Waals surface area contributed by atoms with Crippen LogP contribution in [-0.4, -0.2) is 25.3 Å². The summed E-state index contributed by atoms with van der Waals surface area (Å²) >= 11 is 0. The predicted molar refractivity (Wildman–Crippen MR) is 43.2 cm³/mol. The average Bonchev–Trinajstić information content (AvgIpc) is 2.05. The van der Waals surface area contributed by atoms with Gasteiger partial charge in [-0.15, -0.1) is 0 Å². The Morgan fingerprint density at radius 1 is 1.36 bits per heavy atom. The Kier molecular flexibility index (Phi) is 2.44. The van der Waals surface area contributed by atoms with Crippen LogP contribution in [0.5, 0.6) is 0 Å². The molecule has 0 saturated heterocycles. The van der Waals surface area contributed by atoms with Gasteiger partial charge in [0.15, 0.2) is 5.78 Å². The van der Waals surface area contributed by atoms with Crippen molar-refractivity contribution in [2.45, 2.75) is 0 Å². The molecule has 54 valence electrons. The van der Waals surface area contributed by atoms with Gasteiger partial charge >= 0.3 is 0 Å². The second kappa shape index (κ2) is 3.35. The molecule has 0 aliphatic carbocycles. The summed E-state index contributed by atoms with van der Waals surface area (Å²) in [6.45, 7) is -0.454. The quantitative estimate of drug-likeness (QED) is 0.457. The maximum absolute atomic E-state index is 10.8. The molecule has 1 rings (SSSR count). The Hall–Kier alpha value is -1.09. The topological polar surface area (TPSA) is 37.3 Å². The van der Waals surface area contributed by atoms with Crippen LogP contribution < -0.4 is 5.46 Å². The van der Waals surface area contributed by atoms with E-state index in [4.69, 9.17) is 13.0 Å². The summed E-state index contributed by atoms with van der Waals surface area (Å²) < 4.78 is 0. The Balaban J connectivity index is 2.90. The van der Waals surface area contributed by atoms with Crippen molar-refractivity contribution in [1.82, 2.24) is 0 Å². The SMILES string of the molecule is [B]c1ccc(C(=O)CO)cc1. The number of carbonyl (C=O) groups is 1. The van der Waals surface area contributed by atoms with Crippen molar-refractivity contribution in [3.8, 4) is 0 Å². The van der Waals surface area contributed by atoms with Crippen LogP contribution in [0.1, 0.15) is 10.4 Å². The van der Waals surface area contributed by atoms with Gasteiger partial charge in [0.05, 0.1) is 0 Å². The number of benzene rings is 1. The fourth-order valence-electron chi connectivity index (χ4n) is 0.760. The summed E-state index contributed by atoms with van der Waals surface area (Å²) in [7, 11) is 5.39. The Morgan fingerprint density at radius 2 is 1.91 bits per heavy atom. The molecule has 3 heteroatoms. The van der Waals surface area contributed by atoms with E-state index in [0.29, 0.717) is 11.0 Å². The molecular weight excluding hydrogens is 139 g/mol. The summed E-state index contributed by atoms with van der Waals surface area (Å²) in [5.41, 5.74) is 1.10. The number of rotatable bonds is 2. The molecule has 0 unspecified atom stereocenters. The van der Waals surface area contributed by atoms with Crippen LogP contribution in [-0.2, 0) is 0 Å². The molecule has 0 heterocycles. The zero-order valence-corrected chi connectivity index (χ0v) is 5.95. The number of ketones is 1. The number of hydrogen-bond acceptors (Lipinski definition) is 2. The van der Waals surface area contributed by atoms with E-state index in [-0.39, 0.29) is 5.78 Å². The van der Waals surface area contributed by atoms with E-state index in [1.165, 1.54) is 0 Å². The van der Waals surface area contributed by atoms with Crippen LogP contribution in [0.2, 0.25) is 0 Å². The fourth-order valence-corrected chi connectivity index (χ4v) is 0.760. The van der Waals surface area contributed by atoms with Crippen LogP contribution in [0.25, 0.3) is 0 Å². The molecule has 0 amide bonds. The number of hydrogen-bond donors (Lipinski definition) is 1. The highest BCUT2D eigenvalue weighted by Crippen LogP contribution is 1.96. The van der Waals surface area contributed by atoms with Crippen molar-refractivity contribution in [3.63, 3.8) is 0 Å². The molecule has 0 bridgehead atoms. The van der Waals surface area contributed by atoms with Crippen molar-refractivity contribution in [1.29, 1.82) is 0 Å². The molecule has 0 spiro atoms. The normalized spacial score (nSPS) is 9.55. The van der Waals surface area contributed by atoms with E-state index in [1.54, 1.807) is 24.3 Å². The zero-order chi connectivity index (χ0) is 8.27. The first-order chi connectivity index (χ1) is 5.24. The Morgan fingerprint density at radius 3 is 2.36 bits per heavy atom. The third-order valence-corrected chi connectivity index (χ3v) is 1.38. The Labute approximate surface area is 66.3 Å². The first kappa shape index (κ1) is 8.02. The van der Waals surface area contributed by atoms with Gasteiger partial charge in [-0.05, 0) is 0 Å². The van der Waals surface area contributed by atoms with E-state index in [2.05, 4.69) is 0 Å². The first-order valence-electron chi connectivity index (χ1n) is 3.23. The molecule has 0 atom stereocenters. The molecule has 1 aromatic carbocycles. The average molecular weight is 146 g/mol. The van der Waals surface area contributed by atoms with E-state index in [1.807, 2.05) is 0 Å². The van der Waals surface area contributed by atoms with Gasteiger partial charge in [-0.3, -0.25) is 4.79 Å². The maximum atomic E-state index is 10.8. The molecule has 1 aromatic rings. The standard InChI is InChI=1S/C8H7BO2/c9-7-3-1-6(2-4-7)8(11)5-10/h1-4,10H,5H2. The van der Waals surface area contributed by atoms with E-state index >= 15 is 0 Å².